The maximum atomic E-state index is 13.6. The molecule has 2 aromatic rings. The molecule has 5 heteroatoms. The molecule has 1 unspecified atom stereocenters. The van der Waals surface area contributed by atoms with E-state index in [0.29, 0.717) is 10.2 Å². The summed E-state index contributed by atoms with van der Waals surface area (Å²) in [5.41, 5.74) is 0.828. The van der Waals surface area contributed by atoms with Crippen LogP contribution in [-0.4, -0.2) is 0 Å². The summed E-state index contributed by atoms with van der Waals surface area (Å²) in [4.78, 5) is 0. The molecular formula is C14H11BrF3N. The van der Waals surface area contributed by atoms with Crippen LogP contribution in [0, 0.1) is 17.5 Å². The van der Waals surface area contributed by atoms with Crippen molar-refractivity contribution in [2.45, 2.75) is 13.0 Å². The summed E-state index contributed by atoms with van der Waals surface area (Å²) in [6.45, 7) is 1.70. The van der Waals surface area contributed by atoms with Gasteiger partial charge in [-0.25, -0.2) is 13.2 Å². The highest BCUT2D eigenvalue weighted by molar-refractivity contribution is 9.10. The largest absolute Gasteiger partial charge is 0.377 e. The second-order valence-electron chi connectivity index (χ2n) is 4.13. The van der Waals surface area contributed by atoms with Crippen LogP contribution in [0.15, 0.2) is 40.9 Å². The van der Waals surface area contributed by atoms with Crippen LogP contribution < -0.4 is 5.32 Å². The smallest absolute Gasteiger partial charge is 0.164 e. The van der Waals surface area contributed by atoms with Gasteiger partial charge in [0, 0.05) is 15.7 Å². The molecule has 1 N–H and O–H groups in total. The SMILES string of the molecule is CC(Nc1ccc(F)cc1Br)c1cccc(F)c1F. The third-order valence-electron chi connectivity index (χ3n) is 2.75. The van der Waals surface area contributed by atoms with Crippen molar-refractivity contribution in [2.24, 2.45) is 0 Å². The van der Waals surface area contributed by atoms with Crippen LogP contribution in [0.4, 0.5) is 18.9 Å². The van der Waals surface area contributed by atoms with Gasteiger partial charge in [0.15, 0.2) is 11.6 Å². The van der Waals surface area contributed by atoms with E-state index in [2.05, 4.69) is 21.2 Å². The minimum absolute atomic E-state index is 0.219. The number of rotatable bonds is 3. The fourth-order valence-corrected chi connectivity index (χ4v) is 2.24. The molecular weight excluding hydrogens is 319 g/mol. The van der Waals surface area contributed by atoms with Gasteiger partial charge in [-0.15, -0.1) is 0 Å². The number of nitrogens with one attached hydrogen (secondary N) is 1. The fraction of sp³-hybridized carbons (Fsp3) is 0.143. The molecule has 0 bridgehead atoms. The average Bonchev–Trinajstić information content (AvgIpc) is 2.36. The lowest BCUT2D eigenvalue weighted by Gasteiger charge is -2.17. The van der Waals surface area contributed by atoms with Crippen LogP contribution in [0.3, 0.4) is 0 Å². The van der Waals surface area contributed by atoms with Crippen LogP contribution in [0.1, 0.15) is 18.5 Å². The lowest BCUT2D eigenvalue weighted by atomic mass is 10.1. The van der Waals surface area contributed by atoms with E-state index in [-0.39, 0.29) is 11.4 Å². The Hall–Kier alpha value is -1.49. The summed E-state index contributed by atoms with van der Waals surface area (Å²) in [6, 6.07) is 7.71. The van der Waals surface area contributed by atoms with Crippen LogP contribution >= 0.6 is 15.9 Å². The maximum Gasteiger partial charge on any atom is 0.164 e. The zero-order valence-electron chi connectivity index (χ0n) is 10.1. The molecule has 0 aliphatic heterocycles. The van der Waals surface area contributed by atoms with Gasteiger partial charge in [-0.05, 0) is 47.1 Å². The van der Waals surface area contributed by atoms with Gasteiger partial charge in [-0.1, -0.05) is 12.1 Å². The molecule has 0 fully saturated rings. The molecule has 0 radical (unpaired) electrons. The van der Waals surface area contributed by atoms with Crippen molar-refractivity contribution in [3.63, 3.8) is 0 Å². The second kappa shape index (κ2) is 5.65. The summed E-state index contributed by atoms with van der Waals surface area (Å²) >= 11 is 3.21. The van der Waals surface area contributed by atoms with Crippen LogP contribution in [0.25, 0.3) is 0 Å². The Morgan fingerprint density at radius 1 is 1.11 bits per heavy atom. The predicted molar refractivity (Wildman–Crippen MR) is 72.5 cm³/mol. The number of benzene rings is 2. The fourth-order valence-electron chi connectivity index (χ4n) is 1.77. The molecule has 0 saturated heterocycles. The van der Waals surface area contributed by atoms with E-state index in [0.717, 1.165) is 6.07 Å². The Bertz CT molecular complexity index is 601. The van der Waals surface area contributed by atoms with Crippen molar-refractivity contribution >= 4 is 21.6 Å². The second-order valence-corrected chi connectivity index (χ2v) is 4.99. The Balaban J connectivity index is 2.25. The molecule has 0 aliphatic carbocycles. The van der Waals surface area contributed by atoms with Crippen molar-refractivity contribution in [2.75, 3.05) is 5.32 Å². The van der Waals surface area contributed by atoms with Crippen molar-refractivity contribution in [3.05, 3.63) is 63.9 Å². The van der Waals surface area contributed by atoms with Gasteiger partial charge < -0.3 is 5.32 Å². The van der Waals surface area contributed by atoms with E-state index < -0.39 is 17.7 Å². The lowest BCUT2D eigenvalue weighted by Crippen LogP contribution is -2.10. The zero-order valence-corrected chi connectivity index (χ0v) is 11.6. The Kier molecular flexibility index (Phi) is 4.14. The minimum Gasteiger partial charge on any atom is -0.377 e. The van der Waals surface area contributed by atoms with Crippen molar-refractivity contribution in [3.8, 4) is 0 Å². The number of anilines is 1. The van der Waals surface area contributed by atoms with E-state index >= 15 is 0 Å². The van der Waals surface area contributed by atoms with E-state index in [1.165, 1.54) is 30.3 Å². The van der Waals surface area contributed by atoms with Crippen LogP contribution in [-0.2, 0) is 0 Å². The third kappa shape index (κ3) is 3.10. The quantitative estimate of drug-likeness (QED) is 0.831. The maximum absolute atomic E-state index is 13.6. The van der Waals surface area contributed by atoms with E-state index in [4.69, 9.17) is 0 Å². The topological polar surface area (TPSA) is 12.0 Å². The lowest BCUT2D eigenvalue weighted by molar-refractivity contribution is 0.494. The molecule has 2 rings (SSSR count). The predicted octanol–water partition coefficient (Wildman–Crippen LogP) is 5.04. The molecule has 2 aromatic carbocycles. The third-order valence-corrected chi connectivity index (χ3v) is 3.41. The first-order valence-corrected chi connectivity index (χ1v) is 6.44. The molecule has 100 valence electrons. The molecule has 0 aromatic heterocycles. The molecule has 1 nitrogen and oxygen atoms in total. The molecule has 0 spiro atoms. The highest BCUT2D eigenvalue weighted by Gasteiger charge is 2.15. The number of hydrogen-bond donors (Lipinski definition) is 1. The summed E-state index contributed by atoms with van der Waals surface area (Å²) in [6.07, 6.45) is 0. The normalized spacial score (nSPS) is 12.3. The monoisotopic (exact) mass is 329 g/mol. The van der Waals surface area contributed by atoms with E-state index in [1.807, 2.05) is 0 Å². The van der Waals surface area contributed by atoms with E-state index in [1.54, 1.807) is 6.92 Å². The van der Waals surface area contributed by atoms with Gasteiger partial charge in [0.1, 0.15) is 5.82 Å². The van der Waals surface area contributed by atoms with Gasteiger partial charge in [-0.2, -0.15) is 0 Å². The minimum atomic E-state index is -0.885. The molecule has 0 saturated carbocycles. The molecule has 1 atom stereocenters. The standard InChI is InChI=1S/C14H11BrF3N/c1-8(10-3-2-4-12(17)14(10)18)19-13-6-5-9(16)7-11(13)15/h2-8,19H,1H3. The van der Waals surface area contributed by atoms with Crippen molar-refractivity contribution in [1.29, 1.82) is 0 Å². The number of halogens is 4. The summed E-state index contributed by atoms with van der Waals surface area (Å²) in [5.74, 6) is -2.13. The first kappa shape index (κ1) is 13.9. The molecule has 0 heterocycles. The van der Waals surface area contributed by atoms with Crippen LogP contribution in [0.2, 0.25) is 0 Å². The Morgan fingerprint density at radius 2 is 1.84 bits per heavy atom. The first-order chi connectivity index (χ1) is 8.99. The van der Waals surface area contributed by atoms with Gasteiger partial charge in [0.05, 0.1) is 6.04 Å². The van der Waals surface area contributed by atoms with Gasteiger partial charge in [0.2, 0.25) is 0 Å². The van der Waals surface area contributed by atoms with Crippen molar-refractivity contribution < 1.29 is 13.2 Å². The molecule has 19 heavy (non-hydrogen) atoms. The summed E-state index contributed by atoms with van der Waals surface area (Å²) in [7, 11) is 0. The Morgan fingerprint density at radius 3 is 2.53 bits per heavy atom. The van der Waals surface area contributed by atoms with Gasteiger partial charge in [0.25, 0.3) is 0 Å². The van der Waals surface area contributed by atoms with E-state index in [9.17, 15) is 13.2 Å². The van der Waals surface area contributed by atoms with Gasteiger partial charge >= 0.3 is 0 Å². The highest BCUT2D eigenvalue weighted by Crippen LogP contribution is 2.28. The van der Waals surface area contributed by atoms with Crippen LogP contribution in [0.5, 0.6) is 0 Å². The van der Waals surface area contributed by atoms with Gasteiger partial charge in [-0.3, -0.25) is 0 Å². The Labute approximate surface area is 117 Å². The highest BCUT2D eigenvalue weighted by atomic mass is 79.9. The average molecular weight is 330 g/mol. The summed E-state index contributed by atoms with van der Waals surface area (Å²) in [5, 5.41) is 3.00. The van der Waals surface area contributed by atoms with Crippen molar-refractivity contribution in [1.82, 2.24) is 0 Å². The summed E-state index contributed by atoms with van der Waals surface area (Å²) < 4.78 is 40.3. The first-order valence-electron chi connectivity index (χ1n) is 5.64. The molecule has 0 amide bonds. The zero-order chi connectivity index (χ0) is 14.0. The number of hydrogen-bond acceptors (Lipinski definition) is 1. The molecule has 0 aliphatic rings.